The first-order valence-corrected chi connectivity index (χ1v) is 10.4. The zero-order chi connectivity index (χ0) is 21.0. The molecule has 1 aromatic carbocycles. The fourth-order valence-electron chi connectivity index (χ4n) is 5.02. The lowest BCUT2D eigenvalue weighted by Crippen LogP contribution is -2.48. The van der Waals surface area contributed by atoms with Gasteiger partial charge >= 0.3 is 0 Å². The normalized spacial score (nSPS) is 20.2. The number of aryl methyl sites for hydroxylation is 1. The van der Waals surface area contributed by atoms with E-state index in [0.29, 0.717) is 19.0 Å². The smallest absolute Gasteiger partial charge is 0.251 e. The van der Waals surface area contributed by atoms with Crippen LogP contribution in [0.3, 0.4) is 0 Å². The van der Waals surface area contributed by atoms with Crippen LogP contribution in [0.1, 0.15) is 30.5 Å². The number of carbonyl (C=O) groups is 1. The van der Waals surface area contributed by atoms with Crippen molar-refractivity contribution in [1.82, 2.24) is 14.5 Å². The summed E-state index contributed by atoms with van der Waals surface area (Å²) in [5, 5.41) is 1.07. The Balaban J connectivity index is 1.62. The van der Waals surface area contributed by atoms with Gasteiger partial charge in [0.25, 0.3) is 5.56 Å². The fraction of sp³-hybridized carbons (Fsp3) is 0.375. The van der Waals surface area contributed by atoms with Gasteiger partial charge in [-0.1, -0.05) is 0 Å². The number of hydrogen-bond donors (Lipinski definition) is 0. The molecule has 2 atom stereocenters. The number of aromatic nitrogens is 2. The van der Waals surface area contributed by atoms with E-state index in [-0.39, 0.29) is 17.4 Å². The molecule has 1 fully saturated rings. The van der Waals surface area contributed by atoms with E-state index in [4.69, 9.17) is 9.72 Å². The first-order valence-electron chi connectivity index (χ1n) is 10.4. The highest BCUT2D eigenvalue weighted by Crippen LogP contribution is 2.37. The SMILES string of the molecule is COc1ccc2c(C)cc(-c3cc4n(c(=O)c3)C[C@H]3C[C@@H]4CN(C(C)=O)C3)nc2c1. The number of rotatable bonds is 2. The highest BCUT2D eigenvalue weighted by atomic mass is 16.5. The van der Waals surface area contributed by atoms with Crippen LogP contribution in [0, 0.1) is 12.8 Å². The van der Waals surface area contributed by atoms with Crippen LogP contribution < -0.4 is 10.3 Å². The summed E-state index contributed by atoms with van der Waals surface area (Å²) in [7, 11) is 1.64. The van der Waals surface area contributed by atoms with Gasteiger partial charge in [0.1, 0.15) is 5.75 Å². The number of ether oxygens (including phenoxy) is 1. The minimum atomic E-state index is 0.0127. The summed E-state index contributed by atoms with van der Waals surface area (Å²) in [6, 6.07) is 11.7. The first-order chi connectivity index (χ1) is 14.4. The largest absolute Gasteiger partial charge is 0.497 e. The van der Waals surface area contributed by atoms with Gasteiger partial charge in [-0.3, -0.25) is 9.59 Å². The molecule has 0 saturated carbocycles. The molecular weight excluding hydrogens is 378 g/mol. The summed E-state index contributed by atoms with van der Waals surface area (Å²) in [5.74, 6) is 1.40. The van der Waals surface area contributed by atoms with Crippen molar-refractivity contribution in [2.75, 3.05) is 20.2 Å². The Morgan fingerprint density at radius 3 is 2.73 bits per heavy atom. The zero-order valence-electron chi connectivity index (χ0n) is 17.5. The Hall–Kier alpha value is -3.15. The molecule has 30 heavy (non-hydrogen) atoms. The van der Waals surface area contributed by atoms with E-state index in [9.17, 15) is 9.59 Å². The number of pyridine rings is 2. The standard InChI is InChI=1S/C24H25N3O3/c1-14-6-21(25-22-10-19(30-3)4-5-20(14)22)17-8-23-18-7-16(11-26(13-18)15(2)28)12-27(23)24(29)9-17/h4-6,8-10,16,18H,7,11-13H2,1-3H3/t16-,18+/m0/s1. The molecule has 2 aliphatic rings. The molecule has 1 saturated heterocycles. The molecule has 2 bridgehead atoms. The van der Waals surface area contributed by atoms with Gasteiger partial charge in [0.15, 0.2) is 0 Å². The van der Waals surface area contributed by atoms with E-state index in [1.807, 2.05) is 33.7 Å². The van der Waals surface area contributed by atoms with Crippen LogP contribution in [0.25, 0.3) is 22.2 Å². The second-order valence-electron chi connectivity index (χ2n) is 8.55. The highest BCUT2D eigenvalue weighted by Gasteiger charge is 2.35. The summed E-state index contributed by atoms with van der Waals surface area (Å²) >= 11 is 0. The van der Waals surface area contributed by atoms with Crippen molar-refractivity contribution in [1.29, 1.82) is 0 Å². The summed E-state index contributed by atoms with van der Waals surface area (Å²) in [6.45, 7) is 5.78. The number of amides is 1. The highest BCUT2D eigenvalue weighted by molar-refractivity contribution is 5.86. The van der Waals surface area contributed by atoms with Crippen molar-refractivity contribution in [2.45, 2.75) is 32.7 Å². The first kappa shape index (κ1) is 18.9. The monoisotopic (exact) mass is 403 g/mol. The molecule has 3 aromatic rings. The number of fused-ring (bicyclic) bond motifs is 5. The molecule has 0 radical (unpaired) electrons. The molecule has 6 nitrogen and oxygen atoms in total. The van der Waals surface area contributed by atoms with Crippen LogP contribution >= 0.6 is 0 Å². The molecule has 0 unspecified atom stereocenters. The van der Waals surface area contributed by atoms with Gasteiger partial charge in [-0.05, 0) is 49.1 Å². The van der Waals surface area contributed by atoms with Crippen molar-refractivity contribution < 1.29 is 9.53 Å². The van der Waals surface area contributed by atoms with Crippen molar-refractivity contribution >= 4 is 16.8 Å². The average Bonchev–Trinajstić information content (AvgIpc) is 2.73. The minimum absolute atomic E-state index is 0.0127. The molecule has 0 N–H and O–H groups in total. The lowest BCUT2D eigenvalue weighted by Gasteiger charge is -2.42. The summed E-state index contributed by atoms with van der Waals surface area (Å²) in [4.78, 5) is 31.7. The third-order valence-electron chi connectivity index (χ3n) is 6.52. The molecule has 154 valence electrons. The number of likely N-dealkylation sites (tertiary alicyclic amines) is 1. The second kappa shape index (κ2) is 6.97. The third kappa shape index (κ3) is 3.07. The lowest BCUT2D eigenvalue weighted by atomic mass is 9.82. The number of methoxy groups -OCH3 is 1. The number of carbonyl (C=O) groups excluding carboxylic acids is 1. The maximum Gasteiger partial charge on any atom is 0.251 e. The number of benzene rings is 1. The van der Waals surface area contributed by atoms with Crippen LogP contribution in [0.15, 0.2) is 41.2 Å². The predicted molar refractivity (Wildman–Crippen MR) is 116 cm³/mol. The predicted octanol–water partition coefficient (Wildman–Crippen LogP) is 3.35. The molecular formula is C24H25N3O3. The van der Waals surface area contributed by atoms with Gasteiger partial charge in [-0.2, -0.15) is 0 Å². The summed E-state index contributed by atoms with van der Waals surface area (Å²) in [6.07, 6.45) is 1.02. The third-order valence-corrected chi connectivity index (χ3v) is 6.52. The van der Waals surface area contributed by atoms with Crippen LogP contribution in [-0.4, -0.2) is 40.6 Å². The Morgan fingerprint density at radius 2 is 1.97 bits per heavy atom. The van der Waals surface area contributed by atoms with Gasteiger partial charge in [0, 0.05) is 61.3 Å². The Labute approximate surface area is 175 Å². The topological polar surface area (TPSA) is 64.4 Å². The van der Waals surface area contributed by atoms with Crippen LogP contribution in [0.4, 0.5) is 0 Å². The number of piperidine rings is 1. The van der Waals surface area contributed by atoms with Crippen LogP contribution in [0.2, 0.25) is 0 Å². The van der Waals surface area contributed by atoms with Crippen molar-refractivity contribution in [2.24, 2.45) is 5.92 Å². The molecule has 5 rings (SSSR count). The van der Waals surface area contributed by atoms with E-state index in [1.165, 1.54) is 0 Å². The van der Waals surface area contributed by atoms with Gasteiger partial charge in [0.2, 0.25) is 5.91 Å². The summed E-state index contributed by atoms with van der Waals surface area (Å²) in [5.41, 5.74) is 4.61. The van der Waals surface area contributed by atoms with Crippen molar-refractivity contribution in [3.05, 3.63) is 58.0 Å². The maximum atomic E-state index is 13.0. The Bertz CT molecular complexity index is 1230. The van der Waals surface area contributed by atoms with Crippen LogP contribution in [0.5, 0.6) is 5.75 Å². The minimum Gasteiger partial charge on any atom is -0.497 e. The van der Waals surface area contributed by atoms with Gasteiger partial charge in [-0.25, -0.2) is 4.98 Å². The lowest BCUT2D eigenvalue weighted by molar-refractivity contribution is -0.131. The van der Waals surface area contributed by atoms with Gasteiger partial charge in [0.05, 0.1) is 18.3 Å². The van der Waals surface area contributed by atoms with E-state index < -0.39 is 0 Å². The van der Waals surface area contributed by atoms with E-state index in [2.05, 4.69) is 13.0 Å². The average molecular weight is 403 g/mol. The van der Waals surface area contributed by atoms with Gasteiger partial charge < -0.3 is 14.2 Å². The number of nitrogens with zero attached hydrogens (tertiary/aromatic N) is 3. The molecule has 0 aliphatic carbocycles. The molecule has 0 spiro atoms. The molecule has 1 amide bonds. The molecule has 2 aromatic heterocycles. The van der Waals surface area contributed by atoms with Crippen LogP contribution in [-0.2, 0) is 11.3 Å². The van der Waals surface area contributed by atoms with E-state index >= 15 is 0 Å². The molecule has 4 heterocycles. The molecule has 6 heteroatoms. The van der Waals surface area contributed by atoms with Gasteiger partial charge in [-0.15, -0.1) is 0 Å². The maximum absolute atomic E-state index is 13.0. The quantitative estimate of drug-likeness (QED) is 0.658. The second-order valence-corrected chi connectivity index (χ2v) is 8.55. The summed E-state index contributed by atoms with van der Waals surface area (Å²) < 4.78 is 7.25. The number of hydrogen-bond acceptors (Lipinski definition) is 4. The Kier molecular flexibility index (Phi) is 4.38. The van der Waals surface area contributed by atoms with Crippen molar-refractivity contribution in [3.63, 3.8) is 0 Å². The van der Waals surface area contributed by atoms with E-state index in [0.717, 1.165) is 52.1 Å². The fourth-order valence-corrected chi connectivity index (χ4v) is 5.02. The van der Waals surface area contributed by atoms with Crippen molar-refractivity contribution in [3.8, 4) is 17.0 Å². The Morgan fingerprint density at radius 1 is 1.13 bits per heavy atom. The zero-order valence-corrected chi connectivity index (χ0v) is 17.5. The molecule has 2 aliphatic heterocycles. The van der Waals surface area contributed by atoms with E-state index in [1.54, 1.807) is 20.1 Å².